The summed E-state index contributed by atoms with van der Waals surface area (Å²) in [5.74, 6) is 0.709. The molecule has 0 spiro atoms. The quantitative estimate of drug-likeness (QED) is 0.770. The van der Waals surface area contributed by atoms with Crippen LogP contribution in [0.4, 0.5) is 0 Å². The van der Waals surface area contributed by atoms with Crippen molar-refractivity contribution >= 4 is 0 Å². The van der Waals surface area contributed by atoms with Crippen molar-refractivity contribution in [3.63, 3.8) is 0 Å². The molecule has 102 valence electrons. The second-order valence-electron chi connectivity index (χ2n) is 6.63. The highest BCUT2D eigenvalue weighted by Gasteiger charge is 2.29. The van der Waals surface area contributed by atoms with E-state index in [1.807, 2.05) is 0 Å². The summed E-state index contributed by atoms with van der Waals surface area (Å²) in [6.07, 6.45) is 2.10. The van der Waals surface area contributed by atoms with Gasteiger partial charge in [-0.2, -0.15) is 0 Å². The third-order valence-electron chi connectivity index (χ3n) is 4.24. The van der Waals surface area contributed by atoms with Crippen LogP contribution in [0.1, 0.15) is 40.5 Å². The fourth-order valence-corrected chi connectivity index (χ4v) is 2.62. The largest absolute Gasteiger partial charge is 0.396 e. The lowest BCUT2D eigenvalue weighted by molar-refractivity contribution is 0.111. The zero-order valence-corrected chi connectivity index (χ0v) is 12.2. The predicted molar refractivity (Wildman–Crippen MR) is 73.1 cm³/mol. The number of rotatable bonds is 5. The molecule has 3 atom stereocenters. The summed E-state index contributed by atoms with van der Waals surface area (Å²) < 4.78 is 0. The molecule has 0 aromatic carbocycles. The minimum absolute atomic E-state index is 0.195. The average molecular weight is 242 g/mol. The highest BCUT2D eigenvalue weighted by molar-refractivity contribution is 4.87. The Morgan fingerprint density at radius 1 is 1.35 bits per heavy atom. The van der Waals surface area contributed by atoms with Crippen LogP contribution in [0.5, 0.6) is 0 Å². The van der Waals surface area contributed by atoms with Crippen LogP contribution in [0.2, 0.25) is 0 Å². The monoisotopic (exact) mass is 242 g/mol. The van der Waals surface area contributed by atoms with Gasteiger partial charge in [0.15, 0.2) is 0 Å². The van der Waals surface area contributed by atoms with E-state index in [4.69, 9.17) is 5.11 Å². The fraction of sp³-hybridized carbons (Fsp3) is 1.00. The molecule has 2 N–H and O–H groups in total. The first-order chi connectivity index (χ1) is 7.85. The van der Waals surface area contributed by atoms with E-state index < -0.39 is 0 Å². The molecule has 0 saturated carbocycles. The molecule has 3 heteroatoms. The van der Waals surface area contributed by atoms with E-state index in [-0.39, 0.29) is 12.0 Å². The third kappa shape index (κ3) is 4.57. The minimum Gasteiger partial charge on any atom is -0.396 e. The van der Waals surface area contributed by atoms with Crippen molar-refractivity contribution in [2.24, 2.45) is 11.3 Å². The molecular weight excluding hydrogens is 212 g/mol. The van der Waals surface area contributed by atoms with Crippen LogP contribution in [0.3, 0.4) is 0 Å². The van der Waals surface area contributed by atoms with E-state index in [0.717, 1.165) is 13.0 Å². The first kappa shape index (κ1) is 14.9. The van der Waals surface area contributed by atoms with E-state index in [1.54, 1.807) is 0 Å². The van der Waals surface area contributed by atoms with Crippen molar-refractivity contribution in [1.82, 2.24) is 10.2 Å². The molecule has 0 amide bonds. The van der Waals surface area contributed by atoms with Crippen LogP contribution < -0.4 is 5.32 Å². The number of piperidine rings is 1. The van der Waals surface area contributed by atoms with Gasteiger partial charge < -0.3 is 15.3 Å². The summed E-state index contributed by atoms with van der Waals surface area (Å²) in [5, 5.41) is 12.7. The van der Waals surface area contributed by atoms with E-state index in [9.17, 15) is 0 Å². The molecule has 0 aromatic heterocycles. The zero-order chi connectivity index (χ0) is 13.1. The Kier molecular flexibility index (Phi) is 5.42. The summed E-state index contributed by atoms with van der Waals surface area (Å²) >= 11 is 0. The number of aliphatic hydroxyl groups excluding tert-OH is 1. The molecule has 0 bridgehead atoms. The number of nitrogens with one attached hydrogen (secondary N) is 1. The van der Waals surface area contributed by atoms with Crippen molar-refractivity contribution in [3.8, 4) is 0 Å². The van der Waals surface area contributed by atoms with Crippen LogP contribution in [0.15, 0.2) is 0 Å². The predicted octanol–water partition coefficient (Wildman–Crippen LogP) is 1.71. The Hall–Kier alpha value is -0.120. The maximum absolute atomic E-state index is 9.03. The Bertz CT molecular complexity index is 230. The lowest BCUT2D eigenvalue weighted by atomic mass is 9.86. The van der Waals surface area contributed by atoms with Crippen molar-refractivity contribution in [3.05, 3.63) is 0 Å². The molecule has 1 aliphatic heterocycles. The maximum atomic E-state index is 9.03. The highest BCUT2D eigenvalue weighted by Crippen LogP contribution is 2.23. The Labute approximate surface area is 107 Å². The SMILES string of the molecule is CC1CN(C)C(C)CC1NCC(C)(C)CCO. The molecule has 3 unspecified atom stereocenters. The highest BCUT2D eigenvalue weighted by atomic mass is 16.3. The topological polar surface area (TPSA) is 35.5 Å². The van der Waals surface area contributed by atoms with Gasteiger partial charge in [0, 0.05) is 31.8 Å². The molecule has 17 heavy (non-hydrogen) atoms. The van der Waals surface area contributed by atoms with Gasteiger partial charge in [0.1, 0.15) is 0 Å². The van der Waals surface area contributed by atoms with Crippen molar-refractivity contribution in [2.45, 2.75) is 52.6 Å². The van der Waals surface area contributed by atoms with Gasteiger partial charge in [-0.1, -0.05) is 20.8 Å². The van der Waals surface area contributed by atoms with Crippen molar-refractivity contribution in [2.75, 3.05) is 26.7 Å². The molecule has 3 nitrogen and oxygen atoms in total. The van der Waals surface area contributed by atoms with Gasteiger partial charge in [0.2, 0.25) is 0 Å². The molecule has 1 fully saturated rings. The van der Waals surface area contributed by atoms with Gasteiger partial charge in [-0.15, -0.1) is 0 Å². The lowest BCUT2D eigenvalue weighted by Crippen LogP contribution is -2.52. The smallest absolute Gasteiger partial charge is 0.0436 e. The standard InChI is InChI=1S/C14H30N2O/c1-11-9-16(5)12(2)8-13(11)15-10-14(3,4)6-7-17/h11-13,15,17H,6-10H2,1-5H3. The Morgan fingerprint density at radius 3 is 2.59 bits per heavy atom. The molecule has 1 rings (SSSR count). The third-order valence-corrected chi connectivity index (χ3v) is 4.24. The molecule has 1 heterocycles. The molecule has 0 aromatic rings. The molecule has 0 radical (unpaired) electrons. The van der Waals surface area contributed by atoms with Gasteiger partial charge in [-0.25, -0.2) is 0 Å². The number of likely N-dealkylation sites (tertiary alicyclic amines) is 1. The summed E-state index contributed by atoms with van der Waals surface area (Å²) in [5.41, 5.74) is 0.195. The van der Waals surface area contributed by atoms with Crippen LogP contribution in [0.25, 0.3) is 0 Å². The van der Waals surface area contributed by atoms with Crippen molar-refractivity contribution < 1.29 is 5.11 Å². The van der Waals surface area contributed by atoms with Crippen LogP contribution in [-0.4, -0.2) is 48.8 Å². The second-order valence-corrected chi connectivity index (χ2v) is 6.63. The van der Waals surface area contributed by atoms with Gasteiger partial charge in [0.05, 0.1) is 0 Å². The van der Waals surface area contributed by atoms with Gasteiger partial charge in [-0.05, 0) is 38.1 Å². The zero-order valence-electron chi connectivity index (χ0n) is 12.2. The van der Waals surface area contributed by atoms with E-state index >= 15 is 0 Å². The van der Waals surface area contributed by atoms with Crippen molar-refractivity contribution in [1.29, 1.82) is 0 Å². The maximum Gasteiger partial charge on any atom is 0.0436 e. The molecule has 0 aliphatic carbocycles. The van der Waals surface area contributed by atoms with E-state index in [0.29, 0.717) is 18.0 Å². The number of nitrogens with zero attached hydrogens (tertiary/aromatic N) is 1. The Balaban J connectivity index is 2.41. The average Bonchev–Trinajstić information content (AvgIpc) is 2.21. The number of aliphatic hydroxyl groups is 1. The molecule has 1 aliphatic rings. The van der Waals surface area contributed by atoms with E-state index in [1.165, 1.54) is 13.0 Å². The number of hydrogen-bond donors (Lipinski definition) is 2. The fourth-order valence-electron chi connectivity index (χ4n) is 2.62. The van der Waals surface area contributed by atoms with Gasteiger partial charge in [-0.3, -0.25) is 0 Å². The van der Waals surface area contributed by atoms with Gasteiger partial charge >= 0.3 is 0 Å². The summed E-state index contributed by atoms with van der Waals surface area (Å²) in [4.78, 5) is 2.45. The van der Waals surface area contributed by atoms with Crippen LogP contribution >= 0.6 is 0 Å². The van der Waals surface area contributed by atoms with Gasteiger partial charge in [0.25, 0.3) is 0 Å². The lowest BCUT2D eigenvalue weighted by Gasteiger charge is -2.41. The van der Waals surface area contributed by atoms with Crippen LogP contribution in [-0.2, 0) is 0 Å². The van der Waals surface area contributed by atoms with E-state index in [2.05, 4.69) is 45.0 Å². The Morgan fingerprint density at radius 2 is 2.00 bits per heavy atom. The molecular formula is C14H30N2O. The van der Waals surface area contributed by atoms with Crippen LogP contribution in [0, 0.1) is 11.3 Å². The first-order valence-electron chi connectivity index (χ1n) is 6.90. The summed E-state index contributed by atoms with van der Waals surface area (Å²) in [6, 6.07) is 1.30. The second kappa shape index (κ2) is 6.17. The summed E-state index contributed by atoms with van der Waals surface area (Å²) in [6.45, 7) is 11.5. The first-order valence-corrected chi connectivity index (χ1v) is 6.90. The normalized spacial score (nSPS) is 31.8. The summed E-state index contributed by atoms with van der Waals surface area (Å²) in [7, 11) is 2.22. The number of hydrogen-bond acceptors (Lipinski definition) is 3. The molecule has 1 saturated heterocycles. The minimum atomic E-state index is 0.195.